The first-order chi connectivity index (χ1) is 9.81. The molecule has 1 fully saturated rings. The molecule has 1 heteroatoms. The van der Waals surface area contributed by atoms with Gasteiger partial charge < -0.3 is 5.32 Å². The lowest BCUT2D eigenvalue weighted by atomic mass is 9.81. The lowest BCUT2D eigenvalue weighted by Crippen LogP contribution is -2.30. The fraction of sp³-hybridized carbons (Fsp3) is 0.684. The maximum atomic E-state index is 3.61. The Morgan fingerprint density at radius 2 is 1.80 bits per heavy atom. The smallest absolute Gasteiger partial charge is 0.00148 e. The molecule has 1 aromatic rings. The lowest BCUT2D eigenvalue weighted by molar-refractivity contribution is 0.286. The number of rotatable bonds is 6. The molecule has 0 bridgehead atoms. The normalized spacial score (nSPS) is 18.7. The highest BCUT2D eigenvalue weighted by atomic mass is 14.8. The van der Waals surface area contributed by atoms with Gasteiger partial charge in [0.1, 0.15) is 0 Å². The van der Waals surface area contributed by atoms with Crippen LogP contribution in [0.1, 0.15) is 56.6 Å². The molecule has 1 aliphatic rings. The molecule has 20 heavy (non-hydrogen) atoms. The van der Waals surface area contributed by atoms with E-state index in [0.29, 0.717) is 0 Å². The minimum atomic E-state index is 0.814. The van der Waals surface area contributed by atoms with Crippen LogP contribution in [-0.4, -0.2) is 13.1 Å². The van der Waals surface area contributed by atoms with Crippen molar-refractivity contribution in [1.82, 2.24) is 5.32 Å². The molecule has 2 rings (SSSR count). The molecule has 0 heterocycles. The first kappa shape index (κ1) is 15.6. The van der Waals surface area contributed by atoms with Gasteiger partial charge in [-0.15, -0.1) is 0 Å². The van der Waals surface area contributed by atoms with E-state index in [1.165, 1.54) is 57.1 Å². The van der Waals surface area contributed by atoms with Crippen molar-refractivity contribution < 1.29 is 0 Å². The predicted octanol–water partition coefficient (Wildman–Crippen LogP) is 4.73. The molecule has 112 valence electrons. The monoisotopic (exact) mass is 273 g/mol. The largest absolute Gasteiger partial charge is 0.317 e. The van der Waals surface area contributed by atoms with Gasteiger partial charge in [0, 0.05) is 0 Å². The molecule has 1 aliphatic carbocycles. The molecule has 0 spiro atoms. The van der Waals surface area contributed by atoms with Crippen molar-refractivity contribution in [3.8, 4) is 0 Å². The van der Waals surface area contributed by atoms with Gasteiger partial charge in [-0.1, -0.05) is 69.7 Å². The molecule has 0 aromatic heterocycles. The number of benzene rings is 1. The van der Waals surface area contributed by atoms with Crippen molar-refractivity contribution in [2.75, 3.05) is 13.1 Å². The van der Waals surface area contributed by atoms with E-state index in [4.69, 9.17) is 0 Å². The average Bonchev–Trinajstić information content (AvgIpc) is 2.74. The zero-order chi connectivity index (χ0) is 14.2. The average molecular weight is 273 g/mol. The quantitative estimate of drug-likeness (QED) is 0.739. The van der Waals surface area contributed by atoms with E-state index < -0.39 is 0 Å². The Morgan fingerprint density at radius 1 is 1.10 bits per heavy atom. The van der Waals surface area contributed by atoms with E-state index in [0.717, 1.165) is 18.4 Å². The number of hydrogen-bond donors (Lipinski definition) is 1. The summed E-state index contributed by atoms with van der Waals surface area (Å²) >= 11 is 0. The van der Waals surface area contributed by atoms with Crippen LogP contribution in [-0.2, 0) is 6.42 Å². The van der Waals surface area contributed by atoms with Crippen molar-refractivity contribution in [2.24, 2.45) is 11.8 Å². The Morgan fingerprint density at radius 3 is 2.45 bits per heavy atom. The molecule has 0 saturated heterocycles. The summed E-state index contributed by atoms with van der Waals surface area (Å²) < 4.78 is 0. The second-order valence-corrected chi connectivity index (χ2v) is 6.45. The van der Waals surface area contributed by atoms with Crippen LogP contribution in [0.2, 0.25) is 0 Å². The first-order valence-electron chi connectivity index (χ1n) is 8.56. The van der Waals surface area contributed by atoms with E-state index in [9.17, 15) is 0 Å². The molecule has 0 amide bonds. The Hall–Kier alpha value is -0.820. The molecule has 1 aromatic carbocycles. The van der Waals surface area contributed by atoms with Gasteiger partial charge in [0.05, 0.1) is 0 Å². The third-order valence-electron chi connectivity index (χ3n) is 4.97. The Bertz CT molecular complexity index is 377. The van der Waals surface area contributed by atoms with Crippen LogP contribution in [0.25, 0.3) is 0 Å². The zero-order valence-corrected chi connectivity index (χ0v) is 13.3. The van der Waals surface area contributed by atoms with Gasteiger partial charge in [-0.3, -0.25) is 0 Å². The Balaban J connectivity index is 2.04. The first-order valence-corrected chi connectivity index (χ1v) is 8.56. The molecular formula is C19H31N. The lowest BCUT2D eigenvalue weighted by Gasteiger charge is -2.27. The number of aryl methyl sites for hydroxylation is 1. The van der Waals surface area contributed by atoms with Crippen LogP contribution >= 0.6 is 0 Å². The summed E-state index contributed by atoms with van der Waals surface area (Å²) in [5, 5.41) is 3.61. The van der Waals surface area contributed by atoms with Gasteiger partial charge in [-0.05, 0) is 49.4 Å². The van der Waals surface area contributed by atoms with Crippen LogP contribution < -0.4 is 5.32 Å². The highest BCUT2D eigenvalue weighted by Crippen LogP contribution is 2.31. The van der Waals surface area contributed by atoms with E-state index in [1.54, 1.807) is 5.56 Å². The van der Waals surface area contributed by atoms with Crippen LogP contribution in [0, 0.1) is 18.8 Å². The highest BCUT2D eigenvalue weighted by Gasteiger charge is 2.23. The molecule has 1 nitrogen and oxygen atoms in total. The predicted molar refractivity (Wildman–Crippen MR) is 88.1 cm³/mol. The maximum absolute atomic E-state index is 3.61. The van der Waals surface area contributed by atoms with Gasteiger partial charge in [0.2, 0.25) is 0 Å². The fourth-order valence-corrected chi connectivity index (χ4v) is 3.64. The molecule has 1 atom stereocenters. The summed E-state index contributed by atoms with van der Waals surface area (Å²) in [6.45, 7) is 6.76. The summed E-state index contributed by atoms with van der Waals surface area (Å²) in [4.78, 5) is 0. The fourth-order valence-electron chi connectivity index (χ4n) is 3.64. The summed E-state index contributed by atoms with van der Waals surface area (Å²) in [5.41, 5.74) is 3.02. The van der Waals surface area contributed by atoms with Crippen molar-refractivity contribution in [2.45, 2.75) is 58.8 Å². The van der Waals surface area contributed by atoms with E-state index in [2.05, 4.69) is 43.4 Å². The van der Waals surface area contributed by atoms with Gasteiger partial charge in [-0.25, -0.2) is 0 Å². The van der Waals surface area contributed by atoms with Gasteiger partial charge >= 0.3 is 0 Å². The molecule has 1 unspecified atom stereocenters. The van der Waals surface area contributed by atoms with Crippen molar-refractivity contribution >= 4 is 0 Å². The SMILES string of the molecule is CCNCC(Cc1ccccc1C)C1CCCCCC1. The van der Waals surface area contributed by atoms with Crippen LogP contribution in [0.15, 0.2) is 24.3 Å². The molecule has 0 aliphatic heterocycles. The minimum absolute atomic E-state index is 0.814. The summed E-state index contributed by atoms with van der Waals surface area (Å²) in [6, 6.07) is 8.93. The van der Waals surface area contributed by atoms with Crippen LogP contribution in [0.5, 0.6) is 0 Å². The summed E-state index contributed by atoms with van der Waals surface area (Å²) in [6.07, 6.45) is 9.94. The van der Waals surface area contributed by atoms with Crippen LogP contribution in [0.4, 0.5) is 0 Å². The van der Waals surface area contributed by atoms with Crippen molar-refractivity contribution in [3.05, 3.63) is 35.4 Å². The molecule has 1 N–H and O–H groups in total. The summed E-state index contributed by atoms with van der Waals surface area (Å²) in [7, 11) is 0. The summed E-state index contributed by atoms with van der Waals surface area (Å²) in [5.74, 6) is 1.74. The Kier molecular flexibility index (Phi) is 6.59. The third-order valence-corrected chi connectivity index (χ3v) is 4.97. The number of hydrogen-bond acceptors (Lipinski definition) is 1. The molecule has 0 radical (unpaired) electrons. The number of nitrogens with one attached hydrogen (secondary N) is 1. The van der Waals surface area contributed by atoms with Gasteiger partial charge in [0.15, 0.2) is 0 Å². The highest BCUT2D eigenvalue weighted by molar-refractivity contribution is 5.26. The Labute approximate surface area is 125 Å². The van der Waals surface area contributed by atoms with E-state index >= 15 is 0 Å². The third kappa shape index (κ3) is 4.63. The topological polar surface area (TPSA) is 12.0 Å². The zero-order valence-electron chi connectivity index (χ0n) is 13.3. The van der Waals surface area contributed by atoms with Gasteiger partial charge in [-0.2, -0.15) is 0 Å². The minimum Gasteiger partial charge on any atom is -0.317 e. The van der Waals surface area contributed by atoms with Crippen LogP contribution in [0.3, 0.4) is 0 Å². The van der Waals surface area contributed by atoms with Crippen molar-refractivity contribution in [1.29, 1.82) is 0 Å². The molecule has 1 saturated carbocycles. The second kappa shape index (κ2) is 8.46. The molecular weight excluding hydrogens is 242 g/mol. The van der Waals surface area contributed by atoms with Gasteiger partial charge in [0.25, 0.3) is 0 Å². The maximum Gasteiger partial charge on any atom is -0.00148 e. The van der Waals surface area contributed by atoms with E-state index in [-0.39, 0.29) is 0 Å². The van der Waals surface area contributed by atoms with Crippen molar-refractivity contribution in [3.63, 3.8) is 0 Å². The second-order valence-electron chi connectivity index (χ2n) is 6.45. The standard InChI is InChI=1S/C19H31N/c1-3-20-15-19(17-11-6-4-5-7-12-17)14-18-13-9-8-10-16(18)2/h8-10,13,17,19-20H,3-7,11-12,14-15H2,1-2H3. The van der Waals surface area contributed by atoms with E-state index in [1.807, 2.05) is 0 Å².